The van der Waals surface area contributed by atoms with Crippen molar-refractivity contribution in [1.82, 2.24) is 14.4 Å². The van der Waals surface area contributed by atoms with Gasteiger partial charge in [0.1, 0.15) is 17.5 Å². The van der Waals surface area contributed by atoms with Crippen molar-refractivity contribution >= 4 is 46.9 Å². The van der Waals surface area contributed by atoms with E-state index < -0.39 is 34.9 Å². The number of benzene rings is 1. The van der Waals surface area contributed by atoms with E-state index in [9.17, 15) is 29.1 Å². The Morgan fingerprint density at radius 1 is 1.09 bits per heavy atom. The van der Waals surface area contributed by atoms with Crippen LogP contribution in [0.4, 0.5) is 4.79 Å². The predicted octanol–water partition coefficient (Wildman–Crippen LogP) is 0.144. The number of aromatic nitrogens is 1. The Hall–Kier alpha value is -3.16. The molecule has 11 nitrogen and oxygen atoms in total. The number of phenols is 1. The number of carbonyl (C=O) groups excluding carboxylic acids is 4. The molecule has 0 spiro atoms. The maximum atomic E-state index is 13.1. The molecule has 3 aliphatic heterocycles. The molecule has 2 fully saturated rings. The molecule has 3 N–H and O–H groups in total. The Morgan fingerprint density at radius 3 is 2.41 bits per heavy atom. The lowest BCUT2D eigenvalue weighted by atomic mass is 9.83. The lowest BCUT2D eigenvalue weighted by Crippen LogP contribution is -2.43. The third-order valence-electron chi connectivity index (χ3n) is 6.18. The number of nitrogens with two attached hydrogens (primary N) is 1. The Kier molecular flexibility index (Phi) is 5.70. The van der Waals surface area contributed by atoms with Gasteiger partial charge in [0.05, 0.1) is 24.2 Å². The van der Waals surface area contributed by atoms with Crippen molar-refractivity contribution in [1.29, 1.82) is 0 Å². The van der Waals surface area contributed by atoms with Gasteiger partial charge in [-0.2, -0.15) is 4.90 Å². The summed E-state index contributed by atoms with van der Waals surface area (Å²) < 4.78 is 6.61. The van der Waals surface area contributed by atoms with Crippen molar-refractivity contribution in [3.63, 3.8) is 0 Å². The summed E-state index contributed by atoms with van der Waals surface area (Å²) in [5.74, 6) is -3.38. The zero-order chi connectivity index (χ0) is 24.1. The minimum Gasteiger partial charge on any atom is -0.508 e. The molecule has 1 aromatic heterocycles. The minimum absolute atomic E-state index is 0.0140. The molecule has 4 heterocycles. The number of aromatic hydroxyl groups is 1. The second kappa shape index (κ2) is 8.56. The summed E-state index contributed by atoms with van der Waals surface area (Å²) in [7, 11) is 0. The smallest absolute Gasteiger partial charge is 0.328 e. The predicted molar refractivity (Wildman–Crippen MR) is 120 cm³/mol. The summed E-state index contributed by atoms with van der Waals surface area (Å²) in [6.07, 6.45) is 0. The van der Waals surface area contributed by atoms with E-state index in [0.717, 1.165) is 23.1 Å². The van der Waals surface area contributed by atoms with Crippen molar-refractivity contribution in [2.24, 2.45) is 11.7 Å². The van der Waals surface area contributed by atoms with Crippen molar-refractivity contribution < 1.29 is 29.0 Å². The molecule has 5 rings (SSSR count). The van der Waals surface area contributed by atoms with Gasteiger partial charge in [-0.05, 0) is 17.7 Å². The third kappa shape index (κ3) is 3.60. The monoisotopic (exact) mass is 504 g/mol. The molecule has 13 heteroatoms. The van der Waals surface area contributed by atoms with Crippen LogP contribution in [0.5, 0.6) is 5.75 Å². The number of phenolic OH excluding ortho intramolecular Hbond substituents is 1. The van der Waals surface area contributed by atoms with E-state index in [-0.39, 0.29) is 23.1 Å². The quantitative estimate of drug-likeness (QED) is 0.560. The molecule has 0 bridgehead atoms. The fraction of sp³-hybridized carbons (Fsp3) is 0.381. The molecule has 0 saturated carbocycles. The van der Waals surface area contributed by atoms with Gasteiger partial charge in [0.15, 0.2) is 0 Å². The number of carbonyl (C=O) groups is 4. The number of hydrogen-bond acceptors (Lipinski definition) is 9. The van der Waals surface area contributed by atoms with E-state index in [1.807, 2.05) is 0 Å². The number of likely N-dealkylation sites (tertiary alicyclic amines) is 1. The fourth-order valence-corrected chi connectivity index (χ4v) is 7.33. The molecule has 2 unspecified atom stereocenters. The highest BCUT2D eigenvalue weighted by molar-refractivity contribution is 8.00. The molecule has 2 saturated heterocycles. The number of morpholine rings is 1. The van der Waals surface area contributed by atoms with E-state index in [0.29, 0.717) is 46.7 Å². The molecular weight excluding hydrogens is 484 g/mol. The summed E-state index contributed by atoms with van der Waals surface area (Å²) in [5.41, 5.74) is 5.90. The number of rotatable bonds is 3. The van der Waals surface area contributed by atoms with Crippen LogP contribution in [0.3, 0.4) is 0 Å². The third-order valence-corrected chi connectivity index (χ3v) is 8.78. The van der Waals surface area contributed by atoms with Gasteiger partial charge in [-0.1, -0.05) is 35.2 Å². The average Bonchev–Trinajstić information content (AvgIpc) is 3.26. The standard InChI is InChI=1S/C21H20N4O7S2/c22-20(30)25-17(28)14-13(10-1-3-11(26)4-2-10)16-19(33-15(14)18(25)29)24(21(31)34-16)9-12(27)23-5-7-32-8-6-23/h1-4,13-15,26H,5-9H2,(H2,22,30)/t13-,14?,15?/m0/s1. The highest BCUT2D eigenvalue weighted by Crippen LogP contribution is 2.53. The number of imide groups is 3. The van der Waals surface area contributed by atoms with Gasteiger partial charge >= 0.3 is 10.9 Å². The molecule has 34 heavy (non-hydrogen) atoms. The molecule has 5 amide bonds. The molecule has 2 aromatic rings. The van der Waals surface area contributed by atoms with Gasteiger partial charge in [-0.3, -0.25) is 23.7 Å². The number of thioether (sulfide) groups is 1. The van der Waals surface area contributed by atoms with Crippen LogP contribution in [-0.4, -0.2) is 74.8 Å². The molecule has 3 atom stereocenters. The van der Waals surface area contributed by atoms with Crippen molar-refractivity contribution in [3.05, 3.63) is 44.4 Å². The maximum absolute atomic E-state index is 13.1. The number of fused-ring (bicyclic) bond motifs is 2. The van der Waals surface area contributed by atoms with Crippen molar-refractivity contribution in [2.45, 2.75) is 22.7 Å². The number of ether oxygens (including phenoxy) is 1. The Bertz CT molecular complexity index is 1250. The largest absolute Gasteiger partial charge is 0.508 e. The first-order valence-electron chi connectivity index (χ1n) is 10.5. The lowest BCUT2D eigenvalue weighted by Gasteiger charge is -2.31. The highest BCUT2D eigenvalue weighted by atomic mass is 32.2. The normalized spacial score (nSPS) is 24.2. The van der Waals surface area contributed by atoms with E-state index in [4.69, 9.17) is 10.5 Å². The molecule has 178 valence electrons. The zero-order valence-electron chi connectivity index (χ0n) is 17.7. The van der Waals surface area contributed by atoms with E-state index in [1.165, 1.54) is 16.7 Å². The van der Waals surface area contributed by atoms with Crippen LogP contribution in [0.15, 0.2) is 34.1 Å². The van der Waals surface area contributed by atoms with Crippen molar-refractivity contribution in [2.75, 3.05) is 26.3 Å². The molecule has 0 aliphatic carbocycles. The van der Waals surface area contributed by atoms with Crippen LogP contribution in [0.25, 0.3) is 0 Å². The van der Waals surface area contributed by atoms with E-state index >= 15 is 0 Å². The number of urea groups is 1. The number of thiazole rings is 1. The van der Waals surface area contributed by atoms with Gasteiger partial charge in [-0.15, -0.1) is 0 Å². The van der Waals surface area contributed by atoms with Gasteiger partial charge in [0, 0.05) is 23.9 Å². The second-order valence-corrected chi connectivity index (χ2v) is 10.2. The summed E-state index contributed by atoms with van der Waals surface area (Å²) >= 11 is 1.91. The second-order valence-electron chi connectivity index (χ2n) is 8.10. The van der Waals surface area contributed by atoms with Crippen LogP contribution in [0.2, 0.25) is 0 Å². The molecule has 1 aromatic carbocycles. The summed E-state index contributed by atoms with van der Waals surface area (Å²) in [6.45, 7) is 1.48. The summed E-state index contributed by atoms with van der Waals surface area (Å²) in [4.78, 5) is 66.0. The highest BCUT2D eigenvalue weighted by Gasteiger charge is 2.57. The molecule has 0 radical (unpaired) electrons. The Balaban J connectivity index is 1.59. The van der Waals surface area contributed by atoms with Crippen LogP contribution in [0.1, 0.15) is 16.4 Å². The first-order valence-corrected chi connectivity index (χ1v) is 12.2. The molecule has 3 aliphatic rings. The van der Waals surface area contributed by atoms with E-state index in [2.05, 4.69) is 0 Å². The summed E-state index contributed by atoms with van der Waals surface area (Å²) in [5, 5.41) is 9.16. The maximum Gasteiger partial charge on any atom is 0.328 e. The van der Waals surface area contributed by atoms with Gasteiger partial charge in [0.25, 0.3) is 5.91 Å². The lowest BCUT2D eigenvalue weighted by molar-refractivity contribution is -0.137. The molecular formula is C21H20N4O7S2. The van der Waals surface area contributed by atoms with Crippen molar-refractivity contribution in [3.8, 4) is 5.75 Å². The number of amides is 5. The average molecular weight is 505 g/mol. The van der Waals surface area contributed by atoms with Crippen LogP contribution >= 0.6 is 23.1 Å². The Morgan fingerprint density at radius 2 is 1.76 bits per heavy atom. The Labute approximate surface area is 201 Å². The van der Waals surface area contributed by atoms with Crippen LogP contribution < -0.4 is 10.6 Å². The van der Waals surface area contributed by atoms with Crippen LogP contribution in [0, 0.1) is 5.92 Å². The van der Waals surface area contributed by atoms with Gasteiger partial charge in [-0.25, -0.2) is 4.79 Å². The zero-order valence-corrected chi connectivity index (χ0v) is 19.3. The van der Waals surface area contributed by atoms with E-state index in [1.54, 1.807) is 17.0 Å². The minimum atomic E-state index is -1.15. The van der Waals surface area contributed by atoms with Gasteiger partial charge < -0.3 is 20.5 Å². The SMILES string of the molecule is NC(=O)N1C(=O)C2Sc3c(sc(=O)n3CC(=O)N3CCOCC3)[C@@H](c3ccc(O)cc3)C2C1=O. The number of primary amides is 1. The first-order chi connectivity index (χ1) is 16.3. The first kappa shape index (κ1) is 22.6. The topological polar surface area (TPSA) is 152 Å². The van der Waals surface area contributed by atoms with Gasteiger partial charge in [0.2, 0.25) is 11.8 Å². The number of nitrogens with zero attached hydrogens (tertiary/aromatic N) is 3. The number of hydrogen-bond donors (Lipinski definition) is 2. The van der Waals surface area contributed by atoms with Crippen LogP contribution in [-0.2, 0) is 25.7 Å². The summed E-state index contributed by atoms with van der Waals surface area (Å²) in [6, 6.07) is 4.95. The fourth-order valence-electron chi connectivity index (χ4n) is 4.56.